The molecule has 4 aliphatic carbocycles. The average Bonchev–Trinajstić information content (AvgIpc) is 1.49. The van der Waals surface area contributed by atoms with Gasteiger partial charge in [0.05, 0.1) is 51.7 Å². The number of nitrogens with zero attached hydrogens (tertiary/aromatic N) is 5. The summed E-state index contributed by atoms with van der Waals surface area (Å²) in [6, 6.07) is -1.67. The molecule has 3 heterocycles. The van der Waals surface area contributed by atoms with Crippen molar-refractivity contribution in [2.24, 2.45) is 69.6 Å². The number of carbonyl (C=O) groups excluding carboxylic acids is 12. The fourth-order valence-electron chi connectivity index (χ4n) is 19.5. The lowest BCUT2D eigenvalue weighted by Crippen LogP contribution is -2.59. The van der Waals surface area contributed by atoms with Gasteiger partial charge >= 0.3 is 17.9 Å². The molecule has 12 amide bonds. The molecule has 1 aromatic carbocycles. The Morgan fingerprint density at radius 2 is 1.14 bits per heavy atom. The summed E-state index contributed by atoms with van der Waals surface area (Å²) in [5.41, 5.74) is 12.5. The van der Waals surface area contributed by atoms with Gasteiger partial charge in [0.25, 0.3) is 0 Å². The van der Waals surface area contributed by atoms with Crippen LogP contribution in [0.15, 0.2) is 43.0 Å². The van der Waals surface area contributed by atoms with Crippen LogP contribution in [0.4, 0.5) is 0 Å². The van der Waals surface area contributed by atoms with Gasteiger partial charge in [-0.15, -0.1) is 0 Å². The number of nitrogens with two attached hydrogens (primary N) is 2. The van der Waals surface area contributed by atoms with E-state index in [1.54, 1.807) is 45.7 Å². The molecular weight excluding hydrogens is 1620 g/mol. The molecule has 5 fully saturated rings. The number of rotatable bonds is 44. The van der Waals surface area contributed by atoms with Gasteiger partial charge in [-0.3, -0.25) is 91.5 Å². The van der Waals surface area contributed by atoms with Crippen LogP contribution in [-0.4, -0.2) is 302 Å². The SMILES string of the molecule is CSCC[C@H](NC(=O)[C@H](CC(C)C)NC(=O)[C@H](Cc1cnc[nH]1)NC(=O)CNC(=O)[C@@H](NC(=O)[C@H](C)NC(=O)[C@H](Cc1c[nH]c2ccccc12)NC(=O)[C@H](CCC(N)=O)NC(=O)CC[C@@H](C)[C@H]1CC[C@H]2[C@@H]3CC[C@@H]4C[C@@H](NC(=O)CNC(=O)CN5CCN(CC(=O)O)CCN(CC(=O)O)CCN(CC(=O)O)CC5)CC[C@]4(C)[C@H]3C[C@H](O)[C@]12C)C(C)C)C(N)=O. The van der Waals surface area contributed by atoms with Gasteiger partial charge in [-0.2, -0.15) is 11.8 Å². The molecule has 0 bridgehead atoms. The van der Waals surface area contributed by atoms with Crippen LogP contribution in [0.25, 0.3) is 10.9 Å². The Hall–Kier alpha value is -9.83. The minimum absolute atomic E-state index is 0.0138. The third kappa shape index (κ3) is 28.9. The summed E-state index contributed by atoms with van der Waals surface area (Å²) in [5.74, 6) is -10.5. The number of aliphatic hydroxyl groups is 1. The van der Waals surface area contributed by atoms with Gasteiger partial charge in [-0.1, -0.05) is 66.7 Å². The lowest BCUT2D eigenvalue weighted by Gasteiger charge is -2.62. The molecule has 0 spiro atoms. The van der Waals surface area contributed by atoms with Crippen molar-refractivity contribution in [3.63, 3.8) is 0 Å². The predicted octanol–water partition coefficient (Wildman–Crippen LogP) is -0.466. The quantitative estimate of drug-likeness (QED) is 0.0340. The lowest BCUT2D eigenvalue weighted by molar-refractivity contribution is -0.170. The first kappa shape index (κ1) is 99.6. The highest BCUT2D eigenvalue weighted by Gasteiger charge is 2.64. The zero-order valence-corrected chi connectivity index (χ0v) is 73.8. The Morgan fingerprint density at radius 3 is 1.73 bits per heavy atom. The fourth-order valence-corrected chi connectivity index (χ4v) is 20.0. The number of aromatic nitrogens is 3. The summed E-state index contributed by atoms with van der Waals surface area (Å²) in [6.07, 6.45) is 12.3. The van der Waals surface area contributed by atoms with E-state index in [9.17, 15) is 92.3 Å². The zero-order valence-electron chi connectivity index (χ0n) is 73.0. The number of thioether (sulfide) groups is 1. The van der Waals surface area contributed by atoms with Crippen molar-refractivity contribution in [3.8, 4) is 0 Å². The van der Waals surface area contributed by atoms with Crippen LogP contribution in [-0.2, 0) is 84.8 Å². The largest absolute Gasteiger partial charge is 0.480 e. The van der Waals surface area contributed by atoms with Crippen molar-refractivity contribution >= 4 is 111 Å². The molecule has 0 unspecified atom stereocenters. The highest BCUT2D eigenvalue weighted by Crippen LogP contribution is 2.68. The van der Waals surface area contributed by atoms with E-state index in [2.05, 4.69) is 88.9 Å². The zero-order chi connectivity index (χ0) is 90.9. The summed E-state index contributed by atoms with van der Waals surface area (Å²) in [6.45, 7) is 14.9. The van der Waals surface area contributed by atoms with Gasteiger partial charge < -0.3 is 95.0 Å². The molecule has 17 atom stereocenters. The third-order valence-electron chi connectivity index (χ3n) is 26.3. The summed E-state index contributed by atoms with van der Waals surface area (Å²) in [4.78, 5) is 217. The maximum absolute atomic E-state index is 14.7. The molecule has 688 valence electrons. The third-order valence-corrected chi connectivity index (χ3v) is 26.9. The normalized spacial score (nSPS) is 24.1. The molecule has 124 heavy (non-hydrogen) atoms. The van der Waals surface area contributed by atoms with Crippen molar-refractivity contribution < 1.29 is 92.3 Å². The number of aliphatic carboxylic acids is 3. The number of H-pyrrole nitrogens is 2. The Bertz CT molecular complexity index is 4160. The van der Waals surface area contributed by atoms with E-state index in [1.165, 1.54) is 31.2 Å². The summed E-state index contributed by atoms with van der Waals surface area (Å²) < 4.78 is 0. The molecule has 20 N–H and O–H groups in total. The summed E-state index contributed by atoms with van der Waals surface area (Å²) in [5, 5.41) is 69.5. The number of hydrogen-bond donors (Lipinski definition) is 18. The maximum atomic E-state index is 14.7. The van der Waals surface area contributed by atoms with Crippen molar-refractivity contribution in [3.05, 3.63) is 54.2 Å². The summed E-state index contributed by atoms with van der Waals surface area (Å²) >= 11 is 1.46. The van der Waals surface area contributed by atoms with E-state index in [-0.39, 0.29) is 183 Å². The number of imidazole rings is 1. The van der Waals surface area contributed by atoms with Crippen molar-refractivity contribution in [2.45, 2.75) is 213 Å². The minimum atomic E-state index is -1.40. The number of hydrogen-bond acceptors (Lipinski definition) is 22. The number of para-hydroxylation sites is 1. The first-order valence-electron chi connectivity index (χ1n) is 43.5. The van der Waals surface area contributed by atoms with E-state index in [1.807, 2.05) is 38.3 Å². The highest BCUT2D eigenvalue weighted by molar-refractivity contribution is 7.98. The number of fused-ring (bicyclic) bond motifs is 6. The van der Waals surface area contributed by atoms with Crippen LogP contribution in [0.1, 0.15) is 157 Å². The van der Waals surface area contributed by atoms with E-state index in [0.29, 0.717) is 42.2 Å². The highest BCUT2D eigenvalue weighted by atomic mass is 32.2. The van der Waals surface area contributed by atoms with Crippen LogP contribution in [0, 0.1) is 58.2 Å². The molecule has 4 saturated carbocycles. The molecule has 39 heteroatoms. The molecule has 1 saturated heterocycles. The van der Waals surface area contributed by atoms with Gasteiger partial charge in [0.2, 0.25) is 70.9 Å². The number of benzene rings is 1. The standard InChI is InChI=1S/C85H133N19O19S/c1-48(2)34-64(81(121)97-62(77(87)117)23-33-124-9)98-82(122)66(37-55-40-88-47-92-55)96-71(109)42-91-83(123)76(49(3)4)100-78(118)51(6)93-80(120)65(35-52-39-89-61-13-11-10-12-56(52)61)99-79(119)63(19-20-68(86)106)95-69(107)21-14-50(5)58-17-18-59-57-16-15-53-36-54(22-24-84(53,7)60(57)38-67(105)85(58,59)8)94-70(108)41-90-72(110)43-101-25-27-102(44-73(111)112)29-31-104(46-75(115)116)32-30-103(28-26-101)45-74(113)114/h10-13,39-40,47-51,53-54,57-60,62-67,76,89,105H,14-38,41-46H2,1-9H3,(H2,86,106)(H2,87,117)(H,88,92)(H,90,110)(H,91,123)(H,93,120)(H,94,108)(H,95,107)(H,96,109)(H,97,121)(H,98,122)(H,99,119)(H,100,118)(H,111,112)(H,113,114)(H,115,116)/t50-,51+,53-,54+,57+,58-,59+,60+,62+,63+,64+,65+,66+,67+,76+,84+,85-/m1/s1. The number of carboxylic acids is 3. The molecule has 0 radical (unpaired) electrons. The molecule has 5 aliphatic rings. The van der Waals surface area contributed by atoms with Gasteiger partial charge in [-0.05, 0) is 166 Å². The first-order valence-corrected chi connectivity index (χ1v) is 44.9. The van der Waals surface area contributed by atoms with E-state index >= 15 is 0 Å². The second kappa shape index (κ2) is 46.9. The van der Waals surface area contributed by atoms with Gasteiger partial charge in [0.15, 0.2) is 0 Å². The molecule has 38 nitrogen and oxygen atoms in total. The van der Waals surface area contributed by atoms with Crippen LogP contribution < -0.4 is 64.6 Å². The Kier molecular flexibility index (Phi) is 37.7. The van der Waals surface area contributed by atoms with Crippen molar-refractivity contribution in [2.75, 3.05) is 104 Å². The Labute approximate surface area is 728 Å². The molecule has 8 rings (SSSR count). The van der Waals surface area contributed by atoms with Gasteiger partial charge in [0.1, 0.15) is 42.3 Å². The molecule has 2 aromatic heterocycles. The predicted molar refractivity (Wildman–Crippen MR) is 460 cm³/mol. The molecular formula is C85H133N19O19S. The number of aliphatic hydroxyl groups excluding tert-OH is 1. The number of nitrogens with one attached hydrogen (secondary N) is 12. The van der Waals surface area contributed by atoms with Crippen LogP contribution in [0.3, 0.4) is 0 Å². The maximum Gasteiger partial charge on any atom is 0.317 e. The van der Waals surface area contributed by atoms with Gasteiger partial charge in [-0.25, -0.2) is 4.98 Å². The van der Waals surface area contributed by atoms with Crippen molar-refractivity contribution in [1.82, 2.24) is 87.7 Å². The van der Waals surface area contributed by atoms with E-state index in [4.69, 9.17) is 11.5 Å². The fraction of sp³-hybridized carbons (Fsp3) is 0.694. The molecule has 1 aliphatic heterocycles. The van der Waals surface area contributed by atoms with E-state index < -0.39 is 149 Å². The second-order valence-corrected chi connectivity index (χ2v) is 36.8. The lowest BCUT2D eigenvalue weighted by atomic mass is 9.43. The summed E-state index contributed by atoms with van der Waals surface area (Å²) in [7, 11) is 0. The number of primary amides is 2. The number of carbonyl (C=O) groups is 15. The Morgan fingerprint density at radius 1 is 0.565 bits per heavy atom. The first-order chi connectivity index (χ1) is 58.7. The van der Waals surface area contributed by atoms with Crippen molar-refractivity contribution in [1.29, 1.82) is 0 Å². The molecule has 3 aromatic rings. The van der Waals surface area contributed by atoms with Crippen LogP contribution in [0.2, 0.25) is 0 Å². The van der Waals surface area contributed by atoms with Gasteiger partial charge in [0, 0.05) is 113 Å². The number of aromatic amines is 2. The minimum Gasteiger partial charge on any atom is -0.480 e. The number of amides is 12. The van der Waals surface area contributed by atoms with Crippen LogP contribution >= 0.6 is 11.8 Å². The monoisotopic (exact) mass is 1760 g/mol. The topological polar surface area (TPSA) is 567 Å². The Balaban J connectivity index is 0.836. The van der Waals surface area contributed by atoms with E-state index in [0.717, 1.165) is 49.4 Å². The average molecular weight is 1760 g/mol. The smallest absolute Gasteiger partial charge is 0.317 e. The number of carboxylic acid groups (broad SMARTS) is 3. The van der Waals surface area contributed by atoms with Crippen LogP contribution in [0.5, 0.6) is 0 Å². The second-order valence-electron chi connectivity index (χ2n) is 35.8.